The van der Waals surface area contributed by atoms with E-state index in [1.165, 1.54) is 7.11 Å². The zero-order chi connectivity index (χ0) is 10.7. The van der Waals surface area contributed by atoms with E-state index >= 15 is 0 Å². The third kappa shape index (κ3) is 2.14. The summed E-state index contributed by atoms with van der Waals surface area (Å²) in [5.41, 5.74) is -0.359. The van der Waals surface area contributed by atoms with E-state index in [4.69, 9.17) is 5.11 Å². The molecule has 0 radical (unpaired) electrons. The van der Waals surface area contributed by atoms with E-state index in [-0.39, 0.29) is 11.4 Å². The van der Waals surface area contributed by atoms with Gasteiger partial charge in [-0.15, -0.1) is 0 Å². The average Bonchev–Trinajstić information content (AvgIpc) is 2.16. The van der Waals surface area contributed by atoms with Crippen LogP contribution in [0.2, 0.25) is 0 Å². The van der Waals surface area contributed by atoms with Crippen LogP contribution in [-0.4, -0.2) is 23.6 Å². The molecule has 1 atom stereocenters. The highest BCUT2D eigenvalue weighted by Gasteiger charge is 2.24. The summed E-state index contributed by atoms with van der Waals surface area (Å²) in [6.45, 7) is 0. The molecule has 0 bridgehead atoms. The molecular formula is C8H8F3NO2. The minimum absolute atomic E-state index is 0.209. The van der Waals surface area contributed by atoms with Crippen molar-refractivity contribution in [3.05, 3.63) is 23.6 Å². The van der Waals surface area contributed by atoms with Gasteiger partial charge >= 0.3 is 0 Å². The summed E-state index contributed by atoms with van der Waals surface area (Å²) in [6, 6.07) is 0.767. The molecule has 0 aliphatic heterocycles. The van der Waals surface area contributed by atoms with Crippen LogP contribution in [0.4, 0.5) is 13.2 Å². The van der Waals surface area contributed by atoms with Crippen molar-refractivity contribution in [2.24, 2.45) is 0 Å². The number of pyridine rings is 1. The third-order valence-electron chi connectivity index (χ3n) is 1.60. The first-order valence-corrected chi connectivity index (χ1v) is 3.72. The van der Waals surface area contributed by atoms with Crippen LogP contribution in [0.3, 0.4) is 0 Å². The molecule has 6 heteroatoms. The Morgan fingerprint density at radius 1 is 1.50 bits per heavy atom. The summed E-state index contributed by atoms with van der Waals surface area (Å²) in [6.07, 6.45) is -4.28. The van der Waals surface area contributed by atoms with Gasteiger partial charge in [0, 0.05) is 0 Å². The fourth-order valence-electron chi connectivity index (χ4n) is 0.961. The molecule has 0 fully saturated rings. The third-order valence-corrected chi connectivity index (χ3v) is 1.60. The van der Waals surface area contributed by atoms with Gasteiger partial charge in [-0.3, -0.25) is 0 Å². The number of hydrogen-bond acceptors (Lipinski definition) is 3. The Labute approximate surface area is 78.2 Å². The molecule has 0 amide bonds. The molecule has 1 heterocycles. The van der Waals surface area contributed by atoms with Crippen molar-refractivity contribution < 1.29 is 23.0 Å². The molecular weight excluding hydrogens is 199 g/mol. The first-order valence-electron chi connectivity index (χ1n) is 3.72. The van der Waals surface area contributed by atoms with E-state index < -0.39 is 18.3 Å². The summed E-state index contributed by atoms with van der Waals surface area (Å²) >= 11 is 0. The second-order valence-corrected chi connectivity index (χ2v) is 2.53. The Morgan fingerprint density at radius 2 is 2.14 bits per heavy atom. The van der Waals surface area contributed by atoms with Gasteiger partial charge in [-0.1, -0.05) is 0 Å². The van der Waals surface area contributed by atoms with E-state index in [1.54, 1.807) is 0 Å². The highest BCUT2D eigenvalue weighted by molar-refractivity contribution is 5.28. The molecule has 0 saturated heterocycles. The number of aliphatic hydroxyl groups is 1. The minimum atomic E-state index is -3.01. The molecule has 1 rings (SSSR count). The number of alkyl halides is 2. The molecule has 0 spiro atoms. The molecule has 0 saturated carbocycles. The number of hydrogen-bond donors (Lipinski definition) is 1. The predicted molar refractivity (Wildman–Crippen MR) is 41.7 cm³/mol. The van der Waals surface area contributed by atoms with E-state index in [0.29, 0.717) is 0 Å². The Morgan fingerprint density at radius 3 is 2.64 bits per heavy atom. The molecule has 0 aromatic carbocycles. The number of methoxy groups -OCH3 is 1. The van der Waals surface area contributed by atoms with Gasteiger partial charge in [0.1, 0.15) is 11.9 Å². The summed E-state index contributed by atoms with van der Waals surface area (Å²) < 4.78 is 41.4. The SMILES string of the molecule is COc1ncc(F)cc1C(O)C(F)F. The topological polar surface area (TPSA) is 42.4 Å². The maximum atomic E-state index is 12.6. The Balaban J connectivity index is 3.10. The molecule has 0 aliphatic carbocycles. The fourth-order valence-corrected chi connectivity index (χ4v) is 0.961. The van der Waals surface area contributed by atoms with Gasteiger partial charge in [0.05, 0.1) is 18.9 Å². The second kappa shape index (κ2) is 4.28. The molecule has 1 aromatic heterocycles. The first-order chi connectivity index (χ1) is 6.56. The number of ether oxygens (including phenoxy) is 1. The lowest BCUT2D eigenvalue weighted by molar-refractivity contribution is -0.00747. The van der Waals surface area contributed by atoms with Gasteiger partial charge in [-0.25, -0.2) is 18.2 Å². The Kier molecular flexibility index (Phi) is 3.29. The largest absolute Gasteiger partial charge is 0.481 e. The molecule has 1 aromatic rings. The van der Waals surface area contributed by atoms with Crippen molar-refractivity contribution in [1.82, 2.24) is 4.98 Å². The zero-order valence-corrected chi connectivity index (χ0v) is 7.25. The summed E-state index contributed by atoms with van der Waals surface area (Å²) in [5.74, 6) is -1.01. The van der Waals surface area contributed by atoms with Crippen LogP contribution in [0, 0.1) is 5.82 Å². The van der Waals surface area contributed by atoms with Crippen molar-refractivity contribution >= 4 is 0 Å². The molecule has 14 heavy (non-hydrogen) atoms. The lowest BCUT2D eigenvalue weighted by Gasteiger charge is -2.12. The lowest BCUT2D eigenvalue weighted by Crippen LogP contribution is -2.10. The number of aromatic nitrogens is 1. The predicted octanol–water partition coefficient (Wildman–Crippen LogP) is 1.53. The summed E-state index contributed by atoms with van der Waals surface area (Å²) in [7, 11) is 1.20. The van der Waals surface area contributed by atoms with Crippen LogP contribution in [0.15, 0.2) is 12.3 Å². The summed E-state index contributed by atoms with van der Waals surface area (Å²) in [4.78, 5) is 3.41. The molecule has 1 N–H and O–H groups in total. The average molecular weight is 207 g/mol. The van der Waals surface area contributed by atoms with Gasteiger partial charge in [-0.05, 0) is 6.07 Å². The van der Waals surface area contributed by atoms with Crippen molar-refractivity contribution in [3.8, 4) is 5.88 Å². The second-order valence-electron chi connectivity index (χ2n) is 2.53. The van der Waals surface area contributed by atoms with E-state index in [9.17, 15) is 13.2 Å². The van der Waals surface area contributed by atoms with Crippen LogP contribution in [0.1, 0.15) is 11.7 Å². The Bertz CT molecular complexity index is 319. The van der Waals surface area contributed by atoms with Crippen LogP contribution in [-0.2, 0) is 0 Å². The van der Waals surface area contributed by atoms with E-state index in [0.717, 1.165) is 12.3 Å². The number of nitrogens with zero attached hydrogens (tertiary/aromatic N) is 1. The molecule has 78 valence electrons. The van der Waals surface area contributed by atoms with E-state index in [1.807, 2.05) is 0 Å². The van der Waals surface area contributed by atoms with Gasteiger partial charge in [0.15, 0.2) is 0 Å². The Hall–Kier alpha value is -1.30. The highest BCUT2D eigenvalue weighted by atomic mass is 19.3. The lowest BCUT2D eigenvalue weighted by atomic mass is 10.1. The van der Waals surface area contributed by atoms with Crippen LogP contribution >= 0.6 is 0 Å². The van der Waals surface area contributed by atoms with Crippen LogP contribution in [0.25, 0.3) is 0 Å². The van der Waals surface area contributed by atoms with Crippen molar-refractivity contribution in [2.45, 2.75) is 12.5 Å². The van der Waals surface area contributed by atoms with Crippen molar-refractivity contribution in [2.75, 3.05) is 7.11 Å². The van der Waals surface area contributed by atoms with Gasteiger partial charge in [0.2, 0.25) is 5.88 Å². The minimum Gasteiger partial charge on any atom is -0.481 e. The maximum absolute atomic E-state index is 12.6. The molecule has 1 unspecified atom stereocenters. The van der Waals surface area contributed by atoms with Crippen LogP contribution < -0.4 is 4.74 Å². The number of rotatable bonds is 3. The zero-order valence-electron chi connectivity index (χ0n) is 7.25. The number of halogens is 3. The molecule has 0 aliphatic rings. The smallest absolute Gasteiger partial charge is 0.268 e. The number of aliphatic hydroxyl groups excluding tert-OH is 1. The summed E-state index contributed by atoms with van der Waals surface area (Å²) in [5, 5.41) is 9.00. The monoisotopic (exact) mass is 207 g/mol. The highest BCUT2D eigenvalue weighted by Crippen LogP contribution is 2.27. The van der Waals surface area contributed by atoms with Gasteiger partial charge < -0.3 is 9.84 Å². The quantitative estimate of drug-likeness (QED) is 0.817. The van der Waals surface area contributed by atoms with Gasteiger partial charge in [-0.2, -0.15) is 0 Å². The maximum Gasteiger partial charge on any atom is 0.268 e. The van der Waals surface area contributed by atoms with Crippen molar-refractivity contribution in [3.63, 3.8) is 0 Å². The van der Waals surface area contributed by atoms with E-state index in [2.05, 4.69) is 9.72 Å². The normalized spacial score (nSPS) is 13.0. The first kappa shape index (κ1) is 10.8. The fraction of sp³-hybridized carbons (Fsp3) is 0.375. The van der Waals surface area contributed by atoms with Crippen LogP contribution in [0.5, 0.6) is 5.88 Å². The molecule has 3 nitrogen and oxygen atoms in total. The van der Waals surface area contributed by atoms with Gasteiger partial charge in [0.25, 0.3) is 6.43 Å². The van der Waals surface area contributed by atoms with Crippen molar-refractivity contribution in [1.29, 1.82) is 0 Å². The standard InChI is InChI=1S/C8H8F3NO2/c1-14-8-5(6(13)7(10)11)2-4(9)3-12-8/h2-3,6-7,13H,1H3.